The van der Waals surface area contributed by atoms with Crippen LogP contribution in [-0.4, -0.2) is 22.9 Å². The standard InChI is InChI=1S/C17H29N3/c1-20-17(12-14-8-10-18-11-9-14)16(13-19-20)15-6-4-2-3-5-7-15/h13-15,18H,2-12H2,1H3. The molecule has 2 aliphatic rings. The van der Waals surface area contributed by atoms with Gasteiger partial charge in [0.05, 0.1) is 6.20 Å². The van der Waals surface area contributed by atoms with Gasteiger partial charge in [0.25, 0.3) is 0 Å². The number of nitrogens with one attached hydrogen (secondary N) is 1. The van der Waals surface area contributed by atoms with Crippen LogP contribution in [0, 0.1) is 5.92 Å². The predicted molar refractivity (Wildman–Crippen MR) is 82.9 cm³/mol. The highest BCUT2D eigenvalue weighted by Crippen LogP contribution is 2.34. The minimum atomic E-state index is 0.780. The van der Waals surface area contributed by atoms with E-state index >= 15 is 0 Å². The molecule has 1 aromatic rings. The number of aryl methyl sites for hydroxylation is 1. The largest absolute Gasteiger partial charge is 0.317 e. The Bertz CT molecular complexity index is 410. The van der Waals surface area contributed by atoms with Crippen molar-refractivity contribution in [2.45, 2.75) is 63.7 Å². The number of hydrogen-bond acceptors (Lipinski definition) is 2. The Morgan fingerprint density at radius 1 is 1.10 bits per heavy atom. The van der Waals surface area contributed by atoms with Gasteiger partial charge in [0.2, 0.25) is 0 Å². The van der Waals surface area contributed by atoms with Crippen LogP contribution < -0.4 is 5.32 Å². The minimum Gasteiger partial charge on any atom is -0.317 e. The van der Waals surface area contributed by atoms with Gasteiger partial charge in [-0.25, -0.2) is 0 Å². The Morgan fingerprint density at radius 2 is 1.80 bits per heavy atom. The molecule has 0 unspecified atom stereocenters. The van der Waals surface area contributed by atoms with Crippen molar-refractivity contribution in [3.63, 3.8) is 0 Å². The van der Waals surface area contributed by atoms with Gasteiger partial charge in [0, 0.05) is 12.7 Å². The van der Waals surface area contributed by atoms with E-state index in [0.29, 0.717) is 0 Å². The Hall–Kier alpha value is -0.830. The molecule has 0 aromatic carbocycles. The first kappa shape index (κ1) is 14.1. The summed E-state index contributed by atoms with van der Waals surface area (Å²) in [6, 6.07) is 0. The third kappa shape index (κ3) is 3.25. The van der Waals surface area contributed by atoms with Gasteiger partial charge in [-0.05, 0) is 62.6 Å². The highest BCUT2D eigenvalue weighted by Gasteiger charge is 2.23. The van der Waals surface area contributed by atoms with E-state index in [0.717, 1.165) is 11.8 Å². The Kier molecular flexibility index (Phi) is 4.77. The molecule has 0 atom stereocenters. The first-order valence-corrected chi connectivity index (χ1v) is 8.56. The molecule has 112 valence electrons. The molecule has 1 N–H and O–H groups in total. The second-order valence-electron chi connectivity index (χ2n) is 6.76. The van der Waals surface area contributed by atoms with Crippen LogP contribution in [-0.2, 0) is 13.5 Å². The monoisotopic (exact) mass is 275 g/mol. The summed E-state index contributed by atoms with van der Waals surface area (Å²) in [6.07, 6.45) is 14.5. The van der Waals surface area contributed by atoms with E-state index in [2.05, 4.69) is 28.3 Å². The van der Waals surface area contributed by atoms with Crippen LogP contribution in [0.3, 0.4) is 0 Å². The zero-order valence-electron chi connectivity index (χ0n) is 12.9. The average Bonchev–Trinajstić information content (AvgIpc) is 2.70. The van der Waals surface area contributed by atoms with Gasteiger partial charge >= 0.3 is 0 Å². The van der Waals surface area contributed by atoms with Crippen molar-refractivity contribution in [3.05, 3.63) is 17.5 Å². The number of aromatic nitrogens is 2. The first-order valence-electron chi connectivity index (χ1n) is 8.56. The molecular formula is C17H29N3. The Balaban J connectivity index is 1.73. The van der Waals surface area contributed by atoms with E-state index in [1.165, 1.54) is 76.6 Å². The van der Waals surface area contributed by atoms with Gasteiger partial charge in [-0.15, -0.1) is 0 Å². The van der Waals surface area contributed by atoms with Crippen LogP contribution >= 0.6 is 0 Å². The van der Waals surface area contributed by atoms with Crippen molar-refractivity contribution in [1.29, 1.82) is 0 Å². The summed E-state index contributed by atoms with van der Waals surface area (Å²) in [4.78, 5) is 0. The van der Waals surface area contributed by atoms with E-state index in [1.54, 1.807) is 5.56 Å². The molecule has 0 spiro atoms. The lowest BCUT2D eigenvalue weighted by Gasteiger charge is -2.24. The topological polar surface area (TPSA) is 29.9 Å². The summed E-state index contributed by atoms with van der Waals surface area (Å²) in [5.74, 6) is 1.64. The third-order valence-electron chi connectivity index (χ3n) is 5.33. The third-order valence-corrected chi connectivity index (χ3v) is 5.33. The number of piperidine rings is 1. The highest BCUT2D eigenvalue weighted by atomic mass is 15.3. The van der Waals surface area contributed by atoms with E-state index in [1.807, 2.05) is 0 Å². The van der Waals surface area contributed by atoms with Crippen LogP contribution in [0.2, 0.25) is 0 Å². The molecule has 3 nitrogen and oxygen atoms in total. The van der Waals surface area contributed by atoms with Gasteiger partial charge < -0.3 is 5.32 Å². The van der Waals surface area contributed by atoms with Gasteiger partial charge in [0.1, 0.15) is 0 Å². The second kappa shape index (κ2) is 6.75. The van der Waals surface area contributed by atoms with Gasteiger partial charge in [0.15, 0.2) is 0 Å². The molecule has 2 heterocycles. The molecule has 0 radical (unpaired) electrons. The van der Waals surface area contributed by atoms with Crippen molar-refractivity contribution in [1.82, 2.24) is 15.1 Å². The van der Waals surface area contributed by atoms with Gasteiger partial charge in [-0.2, -0.15) is 5.10 Å². The fourth-order valence-electron chi connectivity index (χ4n) is 4.02. The summed E-state index contributed by atoms with van der Waals surface area (Å²) in [5.41, 5.74) is 3.11. The maximum atomic E-state index is 4.59. The Labute approximate surface area is 123 Å². The maximum absolute atomic E-state index is 4.59. The molecule has 1 saturated heterocycles. The molecule has 1 aliphatic carbocycles. The molecular weight excluding hydrogens is 246 g/mol. The van der Waals surface area contributed by atoms with Crippen LogP contribution in [0.15, 0.2) is 6.20 Å². The summed E-state index contributed by atoms with van der Waals surface area (Å²) in [5, 5.41) is 8.06. The molecule has 3 heteroatoms. The van der Waals surface area contributed by atoms with Crippen molar-refractivity contribution < 1.29 is 0 Å². The molecule has 1 aromatic heterocycles. The lowest BCUT2D eigenvalue weighted by Crippen LogP contribution is -2.29. The van der Waals surface area contributed by atoms with Gasteiger partial charge in [-0.3, -0.25) is 4.68 Å². The van der Waals surface area contributed by atoms with Crippen molar-refractivity contribution in [3.8, 4) is 0 Å². The van der Waals surface area contributed by atoms with E-state index < -0.39 is 0 Å². The summed E-state index contributed by atoms with van der Waals surface area (Å²) in [7, 11) is 2.14. The number of nitrogens with zero attached hydrogens (tertiary/aromatic N) is 2. The molecule has 20 heavy (non-hydrogen) atoms. The van der Waals surface area contributed by atoms with Crippen molar-refractivity contribution in [2.24, 2.45) is 13.0 Å². The lowest BCUT2D eigenvalue weighted by molar-refractivity contribution is 0.364. The molecule has 1 saturated carbocycles. The van der Waals surface area contributed by atoms with Gasteiger partial charge in [-0.1, -0.05) is 25.7 Å². The van der Waals surface area contributed by atoms with E-state index in [4.69, 9.17) is 0 Å². The average molecular weight is 275 g/mol. The SMILES string of the molecule is Cn1ncc(C2CCCCCC2)c1CC1CCNCC1. The second-order valence-corrected chi connectivity index (χ2v) is 6.76. The summed E-state index contributed by atoms with van der Waals surface area (Å²) < 4.78 is 2.16. The summed E-state index contributed by atoms with van der Waals surface area (Å²) in [6.45, 7) is 2.39. The Morgan fingerprint density at radius 3 is 2.50 bits per heavy atom. The van der Waals surface area contributed by atoms with Crippen molar-refractivity contribution >= 4 is 0 Å². The number of rotatable bonds is 3. The quantitative estimate of drug-likeness (QED) is 0.857. The van der Waals surface area contributed by atoms with Crippen molar-refractivity contribution in [2.75, 3.05) is 13.1 Å². The summed E-state index contributed by atoms with van der Waals surface area (Å²) >= 11 is 0. The first-order chi connectivity index (χ1) is 9.84. The highest BCUT2D eigenvalue weighted by molar-refractivity contribution is 5.23. The van der Waals surface area contributed by atoms with E-state index in [-0.39, 0.29) is 0 Å². The molecule has 0 amide bonds. The van der Waals surface area contributed by atoms with Crippen LogP contribution in [0.4, 0.5) is 0 Å². The normalized spacial score (nSPS) is 22.9. The predicted octanol–water partition coefficient (Wildman–Crippen LogP) is 3.40. The minimum absolute atomic E-state index is 0.780. The molecule has 0 bridgehead atoms. The zero-order chi connectivity index (χ0) is 13.8. The smallest absolute Gasteiger partial charge is 0.0527 e. The maximum Gasteiger partial charge on any atom is 0.0527 e. The molecule has 2 fully saturated rings. The zero-order valence-corrected chi connectivity index (χ0v) is 12.9. The fraction of sp³-hybridized carbons (Fsp3) is 0.824. The lowest BCUT2D eigenvalue weighted by atomic mass is 9.87. The van der Waals surface area contributed by atoms with Crippen LogP contribution in [0.5, 0.6) is 0 Å². The fourth-order valence-corrected chi connectivity index (χ4v) is 4.02. The van der Waals surface area contributed by atoms with E-state index in [9.17, 15) is 0 Å². The molecule has 3 rings (SSSR count). The van der Waals surface area contributed by atoms with Crippen LogP contribution in [0.25, 0.3) is 0 Å². The van der Waals surface area contributed by atoms with Crippen LogP contribution in [0.1, 0.15) is 68.5 Å². The number of hydrogen-bond donors (Lipinski definition) is 1. The molecule has 1 aliphatic heterocycles.